The van der Waals surface area contributed by atoms with Crippen molar-refractivity contribution in [1.29, 1.82) is 0 Å². The highest BCUT2D eigenvalue weighted by Gasteiger charge is 2.37. The topological polar surface area (TPSA) is 12.0 Å². The smallest absolute Gasteiger partial charge is 0.000829 e. The minimum absolute atomic E-state index is 0.728. The van der Waals surface area contributed by atoms with Crippen molar-refractivity contribution in [3.63, 3.8) is 0 Å². The van der Waals surface area contributed by atoms with Gasteiger partial charge in [-0.2, -0.15) is 0 Å². The Labute approximate surface area is 82.3 Å². The predicted molar refractivity (Wildman–Crippen MR) is 56.7 cm³/mol. The van der Waals surface area contributed by atoms with Crippen LogP contribution in [0.25, 0.3) is 0 Å². The van der Waals surface area contributed by atoms with E-state index in [0.29, 0.717) is 0 Å². The predicted octanol–water partition coefficient (Wildman–Crippen LogP) is 2.81. The molecule has 2 aliphatic rings. The summed E-state index contributed by atoms with van der Waals surface area (Å²) in [5.41, 5.74) is 0.728. The average Bonchev–Trinajstić information content (AvgIpc) is 2.54. The molecule has 0 bridgehead atoms. The van der Waals surface area contributed by atoms with Gasteiger partial charge in [-0.05, 0) is 55.9 Å². The van der Waals surface area contributed by atoms with Crippen LogP contribution in [-0.4, -0.2) is 13.1 Å². The van der Waals surface area contributed by atoms with Gasteiger partial charge in [0.2, 0.25) is 0 Å². The van der Waals surface area contributed by atoms with E-state index in [1.165, 1.54) is 45.2 Å². The molecule has 1 spiro atoms. The molecular formula is C12H23N. The molecule has 1 N–H and O–H groups in total. The van der Waals surface area contributed by atoms with Crippen LogP contribution in [0.4, 0.5) is 0 Å². The first-order chi connectivity index (χ1) is 6.22. The standard InChI is InChI=1S/C12H23N/c1-10(2)11-3-5-12(6-4-11)7-8-13-9-12/h10-11,13H,3-9H2,1-2H3. The Bertz CT molecular complexity index is 158. The second-order valence-corrected chi connectivity index (χ2v) is 5.51. The van der Waals surface area contributed by atoms with Crippen LogP contribution in [0.2, 0.25) is 0 Å². The van der Waals surface area contributed by atoms with Crippen LogP contribution in [0.3, 0.4) is 0 Å². The lowest BCUT2D eigenvalue weighted by Crippen LogP contribution is -2.31. The summed E-state index contributed by atoms with van der Waals surface area (Å²) in [5.74, 6) is 1.93. The molecule has 1 aliphatic carbocycles. The first-order valence-corrected chi connectivity index (χ1v) is 5.93. The van der Waals surface area contributed by atoms with Crippen LogP contribution in [-0.2, 0) is 0 Å². The lowest BCUT2D eigenvalue weighted by molar-refractivity contribution is 0.144. The normalized spacial score (nSPS) is 40.4. The van der Waals surface area contributed by atoms with Crippen LogP contribution in [0, 0.1) is 17.3 Å². The summed E-state index contributed by atoms with van der Waals surface area (Å²) in [6.45, 7) is 7.34. The summed E-state index contributed by atoms with van der Waals surface area (Å²) >= 11 is 0. The molecular weight excluding hydrogens is 158 g/mol. The molecule has 1 aliphatic heterocycles. The minimum Gasteiger partial charge on any atom is -0.316 e. The van der Waals surface area contributed by atoms with Gasteiger partial charge in [-0.3, -0.25) is 0 Å². The third kappa shape index (κ3) is 1.90. The van der Waals surface area contributed by atoms with Gasteiger partial charge >= 0.3 is 0 Å². The second-order valence-electron chi connectivity index (χ2n) is 5.51. The van der Waals surface area contributed by atoms with Gasteiger partial charge in [0.05, 0.1) is 0 Å². The molecule has 1 heteroatoms. The van der Waals surface area contributed by atoms with Crippen molar-refractivity contribution in [1.82, 2.24) is 5.32 Å². The first kappa shape index (κ1) is 9.51. The number of hydrogen-bond acceptors (Lipinski definition) is 1. The Morgan fingerprint density at radius 3 is 2.31 bits per heavy atom. The first-order valence-electron chi connectivity index (χ1n) is 5.93. The fourth-order valence-electron chi connectivity index (χ4n) is 3.14. The molecule has 0 amide bonds. The van der Waals surface area contributed by atoms with E-state index < -0.39 is 0 Å². The van der Waals surface area contributed by atoms with Crippen molar-refractivity contribution < 1.29 is 0 Å². The Balaban J connectivity index is 1.88. The van der Waals surface area contributed by atoms with E-state index in [1.807, 2.05) is 0 Å². The van der Waals surface area contributed by atoms with Crippen LogP contribution in [0.15, 0.2) is 0 Å². The third-order valence-corrected chi connectivity index (χ3v) is 4.37. The lowest BCUT2D eigenvalue weighted by atomic mass is 9.67. The van der Waals surface area contributed by atoms with Crippen LogP contribution in [0.5, 0.6) is 0 Å². The minimum atomic E-state index is 0.728. The highest BCUT2D eigenvalue weighted by atomic mass is 14.9. The maximum Gasteiger partial charge on any atom is 0.000829 e. The molecule has 1 heterocycles. The molecule has 76 valence electrons. The van der Waals surface area contributed by atoms with Gasteiger partial charge in [0, 0.05) is 6.54 Å². The van der Waals surface area contributed by atoms with Crippen molar-refractivity contribution in [3.8, 4) is 0 Å². The highest BCUT2D eigenvalue weighted by Crippen LogP contribution is 2.44. The Morgan fingerprint density at radius 2 is 1.85 bits per heavy atom. The molecule has 0 unspecified atom stereocenters. The molecule has 0 aromatic carbocycles. The van der Waals surface area contributed by atoms with E-state index in [9.17, 15) is 0 Å². The number of nitrogens with one attached hydrogen (secondary N) is 1. The molecule has 1 nitrogen and oxygen atoms in total. The fraction of sp³-hybridized carbons (Fsp3) is 1.00. The molecule has 2 fully saturated rings. The second kappa shape index (κ2) is 3.61. The van der Waals surface area contributed by atoms with Gasteiger partial charge in [0.1, 0.15) is 0 Å². The quantitative estimate of drug-likeness (QED) is 0.656. The zero-order chi connectivity index (χ0) is 9.31. The van der Waals surface area contributed by atoms with Gasteiger partial charge in [0.25, 0.3) is 0 Å². The van der Waals surface area contributed by atoms with E-state index in [4.69, 9.17) is 0 Å². The van der Waals surface area contributed by atoms with Gasteiger partial charge in [-0.1, -0.05) is 13.8 Å². The van der Waals surface area contributed by atoms with Crippen LogP contribution in [0.1, 0.15) is 46.0 Å². The number of rotatable bonds is 1. The summed E-state index contributed by atoms with van der Waals surface area (Å²) in [6, 6.07) is 0. The van der Waals surface area contributed by atoms with Gasteiger partial charge in [0.15, 0.2) is 0 Å². The van der Waals surface area contributed by atoms with Crippen molar-refractivity contribution in [3.05, 3.63) is 0 Å². The van der Waals surface area contributed by atoms with Crippen molar-refractivity contribution in [2.45, 2.75) is 46.0 Å². The van der Waals surface area contributed by atoms with Crippen molar-refractivity contribution in [2.24, 2.45) is 17.3 Å². The molecule has 13 heavy (non-hydrogen) atoms. The molecule has 1 saturated heterocycles. The summed E-state index contributed by atoms with van der Waals surface area (Å²) in [7, 11) is 0. The van der Waals surface area contributed by atoms with E-state index in [0.717, 1.165) is 17.3 Å². The molecule has 0 aromatic heterocycles. The summed E-state index contributed by atoms with van der Waals surface area (Å²) in [6.07, 6.45) is 7.39. The maximum atomic E-state index is 3.53. The molecule has 2 rings (SSSR count). The molecule has 1 saturated carbocycles. The third-order valence-electron chi connectivity index (χ3n) is 4.37. The van der Waals surface area contributed by atoms with Gasteiger partial charge < -0.3 is 5.32 Å². The molecule has 0 atom stereocenters. The summed E-state index contributed by atoms with van der Waals surface area (Å²) in [5, 5.41) is 3.53. The Kier molecular flexibility index (Phi) is 2.64. The van der Waals surface area contributed by atoms with E-state index in [1.54, 1.807) is 0 Å². The van der Waals surface area contributed by atoms with Crippen molar-refractivity contribution in [2.75, 3.05) is 13.1 Å². The van der Waals surface area contributed by atoms with Crippen LogP contribution >= 0.6 is 0 Å². The Morgan fingerprint density at radius 1 is 1.15 bits per heavy atom. The van der Waals surface area contributed by atoms with Gasteiger partial charge in [-0.25, -0.2) is 0 Å². The molecule has 0 aromatic rings. The SMILES string of the molecule is CC(C)C1CCC2(CCNC2)CC1. The summed E-state index contributed by atoms with van der Waals surface area (Å²) < 4.78 is 0. The van der Waals surface area contributed by atoms with E-state index >= 15 is 0 Å². The Hall–Kier alpha value is -0.0400. The summed E-state index contributed by atoms with van der Waals surface area (Å²) in [4.78, 5) is 0. The largest absolute Gasteiger partial charge is 0.316 e. The average molecular weight is 181 g/mol. The zero-order valence-electron chi connectivity index (χ0n) is 9.10. The fourth-order valence-corrected chi connectivity index (χ4v) is 3.14. The monoisotopic (exact) mass is 181 g/mol. The lowest BCUT2D eigenvalue weighted by Gasteiger charge is -2.38. The maximum absolute atomic E-state index is 3.53. The highest BCUT2D eigenvalue weighted by molar-refractivity contribution is 4.92. The van der Waals surface area contributed by atoms with Crippen molar-refractivity contribution >= 4 is 0 Å². The molecule has 0 radical (unpaired) electrons. The van der Waals surface area contributed by atoms with Crippen LogP contribution < -0.4 is 5.32 Å². The number of hydrogen-bond donors (Lipinski definition) is 1. The zero-order valence-corrected chi connectivity index (χ0v) is 9.10. The van der Waals surface area contributed by atoms with E-state index in [2.05, 4.69) is 19.2 Å². The van der Waals surface area contributed by atoms with E-state index in [-0.39, 0.29) is 0 Å². The van der Waals surface area contributed by atoms with Gasteiger partial charge in [-0.15, -0.1) is 0 Å².